The standard InChI is InChI=1S/C47H51N7O7S/c1-52(2)23-5-8-34-7-3-4-9-40(34)43-10-6-24-53(43)37-14-11-33(12-15-37)35-13-17-41(45(28-35)61-38-27-36-19-22-48-46(36)50-31-38)47(55)51-62(58,59)39-16-18-42(44(29-39)54(56)57)49-30-32-20-25-60-26-21-32/h3-4,7,9,11-19,22,27-29,31-32,43,49H,5-6,8,10,20-21,23-26,30H2,1-2H3,(H,48,50)(H,51,55). The topological polar surface area (TPSA) is 172 Å². The van der Waals surface area contributed by atoms with Crippen LogP contribution in [0.15, 0.2) is 114 Å². The summed E-state index contributed by atoms with van der Waals surface area (Å²) in [6.45, 7) is 3.72. The van der Waals surface area contributed by atoms with Gasteiger partial charge in [0, 0.05) is 49.6 Å². The fourth-order valence-electron chi connectivity index (χ4n) is 8.41. The van der Waals surface area contributed by atoms with Crippen molar-refractivity contribution in [1.82, 2.24) is 19.6 Å². The maximum atomic E-state index is 13.9. The van der Waals surface area contributed by atoms with E-state index >= 15 is 0 Å². The Bertz CT molecular complexity index is 2660. The predicted molar refractivity (Wildman–Crippen MR) is 240 cm³/mol. The van der Waals surface area contributed by atoms with Gasteiger partial charge >= 0.3 is 0 Å². The minimum Gasteiger partial charge on any atom is -0.455 e. The molecule has 2 aliphatic rings. The van der Waals surface area contributed by atoms with E-state index < -0.39 is 31.4 Å². The maximum Gasteiger partial charge on any atom is 0.293 e. The number of nitro benzene ring substituents is 1. The first-order valence-electron chi connectivity index (χ1n) is 21.0. The Hall–Kier alpha value is -6.29. The van der Waals surface area contributed by atoms with Crippen LogP contribution in [0.25, 0.3) is 22.2 Å². The highest BCUT2D eigenvalue weighted by molar-refractivity contribution is 7.90. The average molecular weight is 858 g/mol. The van der Waals surface area contributed by atoms with Crippen LogP contribution in [0.5, 0.6) is 11.5 Å². The van der Waals surface area contributed by atoms with Crippen LogP contribution >= 0.6 is 0 Å². The number of benzene rings is 4. The Morgan fingerprint density at radius 1 is 0.984 bits per heavy atom. The summed E-state index contributed by atoms with van der Waals surface area (Å²) >= 11 is 0. The highest BCUT2D eigenvalue weighted by Crippen LogP contribution is 2.39. The number of aromatic amines is 1. The zero-order valence-corrected chi connectivity index (χ0v) is 35.7. The van der Waals surface area contributed by atoms with Crippen LogP contribution in [-0.2, 0) is 21.2 Å². The third-order valence-corrected chi connectivity index (χ3v) is 13.0. The fraction of sp³-hybridized carbons (Fsp3) is 0.319. The first-order valence-corrected chi connectivity index (χ1v) is 22.5. The molecule has 4 aromatic carbocycles. The lowest BCUT2D eigenvalue weighted by molar-refractivity contribution is -0.384. The molecule has 15 heteroatoms. The van der Waals surface area contributed by atoms with E-state index in [4.69, 9.17) is 9.47 Å². The summed E-state index contributed by atoms with van der Waals surface area (Å²) in [5, 5.41) is 16.0. The first kappa shape index (κ1) is 42.4. The van der Waals surface area contributed by atoms with Gasteiger partial charge in [-0.15, -0.1) is 0 Å². The van der Waals surface area contributed by atoms with Gasteiger partial charge in [0.2, 0.25) is 0 Å². The summed E-state index contributed by atoms with van der Waals surface area (Å²) in [4.78, 5) is 37.1. The van der Waals surface area contributed by atoms with E-state index in [9.17, 15) is 23.3 Å². The minimum absolute atomic E-state index is 0.0588. The van der Waals surface area contributed by atoms with Crippen LogP contribution in [0.1, 0.15) is 59.6 Å². The highest BCUT2D eigenvalue weighted by atomic mass is 32.2. The van der Waals surface area contributed by atoms with E-state index in [2.05, 4.69) is 80.3 Å². The van der Waals surface area contributed by atoms with Crippen molar-refractivity contribution in [2.24, 2.45) is 5.92 Å². The number of rotatable bonds is 16. The van der Waals surface area contributed by atoms with E-state index in [1.165, 1.54) is 35.5 Å². The van der Waals surface area contributed by atoms with Gasteiger partial charge in [-0.25, -0.2) is 18.1 Å². The number of nitrogens with zero attached hydrogens (tertiary/aromatic N) is 4. The van der Waals surface area contributed by atoms with Gasteiger partial charge < -0.3 is 29.6 Å². The molecule has 1 atom stereocenters. The van der Waals surface area contributed by atoms with E-state index in [1.807, 2.05) is 18.2 Å². The lowest BCUT2D eigenvalue weighted by atomic mass is 9.95. The van der Waals surface area contributed by atoms with Crippen LogP contribution in [0, 0.1) is 16.0 Å². The molecule has 322 valence electrons. The van der Waals surface area contributed by atoms with Crippen molar-refractivity contribution < 1.29 is 27.6 Å². The molecule has 2 aliphatic heterocycles. The smallest absolute Gasteiger partial charge is 0.293 e. The Kier molecular flexibility index (Phi) is 12.8. The van der Waals surface area contributed by atoms with Gasteiger partial charge in [-0.2, -0.15) is 0 Å². The molecule has 0 radical (unpaired) electrons. The van der Waals surface area contributed by atoms with Crippen molar-refractivity contribution in [2.45, 2.75) is 49.5 Å². The van der Waals surface area contributed by atoms with Gasteiger partial charge in [-0.3, -0.25) is 14.9 Å². The number of amides is 1. The van der Waals surface area contributed by atoms with Gasteiger partial charge in [-0.1, -0.05) is 42.5 Å². The first-order chi connectivity index (χ1) is 30.0. The second-order valence-electron chi connectivity index (χ2n) is 16.2. The number of nitrogens with one attached hydrogen (secondary N) is 3. The number of hydrogen-bond donors (Lipinski definition) is 3. The molecule has 3 N–H and O–H groups in total. The highest BCUT2D eigenvalue weighted by Gasteiger charge is 2.29. The fourth-order valence-corrected chi connectivity index (χ4v) is 9.40. The lowest BCUT2D eigenvalue weighted by Crippen LogP contribution is -2.31. The monoisotopic (exact) mass is 857 g/mol. The normalized spacial score (nSPS) is 15.9. The number of ether oxygens (including phenoxy) is 2. The number of aromatic nitrogens is 2. The quantitative estimate of drug-likeness (QED) is 0.0628. The van der Waals surface area contributed by atoms with Crippen LogP contribution in [0.3, 0.4) is 0 Å². The van der Waals surface area contributed by atoms with Gasteiger partial charge in [0.25, 0.3) is 21.6 Å². The molecule has 6 aromatic rings. The molecule has 0 saturated carbocycles. The van der Waals surface area contributed by atoms with E-state index in [1.54, 1.807) is 24.4 Å². The Balaban J connectivity index is 1.04. The number of nitro groups is 1. The van der Waals surface area contributed by atoms with Gasteiger partial charge in [0.05, 0.1) is 27.6 Å². The minimum atomic E-state index is -4.56. The summed E-state index contributed by atoms with van der Waals surface area (Å²) in [5.74, 6) is -0.263. The molecular formula is C47H51N7O7S. The summed E-state index contributed by atoms with van der Waals surface area (Å²) < 4.78 is 41.2. The van der Waals surface area contributed by atoms with E-state index in [0.29, 0.717) is 31.2 Å². The van der Waals surface area contributed by atoms with Crippen LogP contribution in [0.4, 0.5) is 17.1 Å². The molecule has 2 saturated heterocycles. The zero-order valence-electron chi connectivity index (χ0n) is 34.9. The second-order valence-corrected chi connectivity index (χ2v) is 17.9. The number of carbonyl (C=O) groups excluding carboxylic acids is 1. The van der Waals surface area contributed by atoms with Crippen molar-refractivity contribution >= 4 is 44.0 Å². The lowest BCUT2D eigenvalue weighted by Gasteiger charge is -2.29. The summed E-state index contributed by atoms with van der Waals surface area (Å²) in [6, 6.07) is 29.5. The number of aryl methyl sites for hydroxylation is 1. The third kappa shape index (κ3) is 9.75. The molecule has 0 aliphatic carbocycles. The molecule has 1 unspecified atom stereocenters. The van der Waals surface area contributed by atoms with Crippen molar-refractivity contribution in [3.8, 4) is 22.6 Å². The average Bonchev–Trinajstić information content (AvgIpc) is 3.96. The molecule has 0 spiro atoms. The largest absolute Gasteiger partial charge is 0.455 e. The van der Waals surface area contributed by atoms with Crippen molar-refractivity contribution in [1.29, 1.82) is 0 Å². The SMILES string of the molecule is CN(C)CCCc1ccccc1C1CCCN1c1ccc(-c2ccc(C(=O)NS(=O)(=O)c3ccc(NCC4CCOCC4)c([N+](=O)[O-])c3)c(Oc3cnc4[nH]ccc4c3)c2)cc1. The molecule has 1 amide bonds. The van der Waals surface area contributed by atoms with Crippen molar-refractivity contribution in [3.63, 3.8) is 0 Å². The molecule has 14 nitrogen and oxygen atoms in total. The number of H-pyrrole nitrogens is 1. The Morgan fingerprint density at radius 2 is 1.77 bits per heavy atom. The van der Waals surface area contributed by atoms with Gasteiger partial charge in [-0.05, 0) is 136 Å². The van der Waals surface area contributed by atoms with Gasteiger partial charge in [0.1, 0.15) is 22.8 Å². The number of hydrogen-bond acceptors (Lipinski definition) is 11. The Labute approximate surface area is 361 Å². The van der Waals surface area contributed by atoms with Crippen molar-refractivity contribution in [2.75, 3.05) is 57.2 Å². The maximum absolute atomic E-state index is 13.9. The zero-order chi connectivity index (χ0) is 43.2. The number of carbonyl (C=O) groups is 1. The van der Waals surface area contributed by atoms with Crippen molar-refractivity contribution in [3.05, 3.63) is 136 Å². The second kappa shape index (κ2) is 18.8. The molecule has 8 rings (SSSR count). The summed E-state index contributed by atoms with van der Waals surface area (Å²) in [7, 11) is -0.352. The molecular weight excluding hydrogens is 807 g/mol. The van der Waals surface area contributed by atoms with E-state index in [0.717, 1.165) is 79.9 Å². The molecule has 0 bridgehead atoms. The van der Waals surface area contributed by atoms with Crippen LogP contribution < -0.4 is 19.7 Å². The third-order valence-electron chi connectivity index (χ3n) is 11.7. The Morgan fingerprint density at radius 3 is 2.56 bits per heavy atom. The molecule has 4 heterocycles. The summed E-state index contributed by atoms with van der Waals surface area (Å²) in [5.41, 5.74) is 5.87. The van der Waals surface area contributed by atoms with E-state index in [-0.39, 0.29) is 29.0 Å². The number of fused-ring (bicyclic) bond motifs is 1. The summed E-state index contributed by atoms with van der Waals surface area (Å²) in [6.07, 6.45) is 9.21. The molecule has 62 heavy (non-hydrogen) atoms. The number of pyridine rings is 1. The molecule has 2 fully saturated rings. The number of sulfonamides is 1. The van der Waals surface area contributed by atoms with Gasteiger partial charge in [0.15, 0.2) is 0 Å². The molecule has 2 aromatic heterocycles. The van der Waals surface area contributed by atoms with Crippen LogP contribution in [-0.4, -0.2) is 81.1 Å². The van der Waals surface area contributed by atoms with Crippen LogP contribution in [0.2, 0.25) is 0 Å². The number of anilines is 2. The predicted octanol–water partition coefficient (Wildman–Crippen LogP) is 8.72.